The fourth-order valence-electron chi connectivity index (χ4n) is 2.38. The summed E-state index contributed by atoms with van der Waals surface area (Å²) in [5.41, 5.74) is 5.97. The SMILES string of the molecule is Cc1nc(-c2ccc(Cl)cc2)sc1C(=O)NNC(=O)C(C)Oc1ccccc1F. The summed E-state index contributed by atoms with van der Waals surface area (Å²) in [4.78, 5) is 29.3. The van der Waals surface area contributed by atoms with E-state index in [1.807, 2.05) is 12.1 Å². The third-order valence-electron chi connectivity index (χ3n) is 3.90. The van der Waals surface area contributed by atoms with Crippen LogP contribution in [0.2, 0.25) is 5.02 Å². The summed E-state index contributed by atoms with van der Waals surface area (Å²) in [6.45, 7) is 3.15. The largest absolute Gasteiger partial charge is 0.478 e. The Labute approximate surface area is 175 Å². The van der Waals surface area contributed by atoms with Crippen LogP contribution in [0.3, 0.4) is 0 Å². The molecule has 0 aliphatic carbocycles. The number of nitrogens with zero attached hydrogens (tertiary/aromatic N) is 1. The molecule has 0 saturated carbocycles. The Morgan fingerprint density at radius 2 is 1.83 bits per heavy atom. The second kappa shape index (κ2) is 9.02. The van der Waals surface area contributed by atoms with Gasteiger partial charge in [0.1, 0.15) is 9.88 Å². The molecule has 3 rings (SSSR count). The molecule has 2 N–H and O–H groups in total. The molecule has 0 bridgehead atoms. The van der Waals surface area contributed by atoms with Crippen LogP contribution in [-0.4, -0.2) is 22.9 Å². The van der Waals surface area contributed by atoms with Crippen molar-refractivity contribution in [2.75, 3.05) is 0 Å². The van der Waals surface area contributed by atoms with Crippen molar-refractivity contribution in [2.24, 2.45) is 0 Å². The lowest BCUT2D eigenvalue weighted by molar-refractivity contribution is -0.128. The lowest BCUT2D eigenvalue weighted by Gasteiger charge is -2.15. The molecule has 2 aromatic carbocycles. The molecule has 1 aromatic heterocycles. The van der Waals surface area contributed by atoms with Gasteiger partial charge < -0.3 is 4.74 Å². The molecule has 2 amide bonds. The van der Waals surface area contributed by atoms with Crippen LogP contribution in [0.25, 0.3) is 10.6 Å². The molecular formula is C20H17ClFN3O3S. The van der Waals surface area contributed by atoms with E-state index in [2.05, 4.69) is 15.8 Å². The van der Waals surface area contributed by atoms with Crippen LogP contribution >= 0.6 is 22.9 Å². The highest BCUT2D eigenvalue weighted by Gasteiger charge is 2.20. The number of hydrazine groups is 1. The van der Waals surface area contributed by atoms with Gasteiger partial charge in [0.25, 0.3) is 11.8 Å². The first-order valence-corrected chi connectivity index (χ1v) is 9.79. The number of rotatable bonds is 5. The Morgan fingerprint density at radius 1 is 1.14 bits per heavy atom. The van der Waals surface area contributed by atoms with Gasteiger partial charge in [-0.05, 0) is 38.1 Å². The smallest absolute Gasteiger partial charge is 0.281 e. The van der Waals surface area contributed by atoms with E-state index >= 15 is 0 Å². The molecule has 0 aliphatic heterocycles. The first-order valence-electron chi connectivity index (χ1n) is 8.60. The van der Waals surface area contributed by atoms with Crippen molar-refractivity contribution < 1.29 is 18.7 Å². The third kappa shape index (κ3) is 5.10. The summed E-state index contributed by atoms with van der Waals surface area (Å²) < 4.78 is 18.9. The van der Waals surface area contributed by atoms with E-state index in [1.165, 1.54) is 36.5 Å². The summed E-state index contributed by atoms with van der Waals surface area (Å²) in [6, 6.07) is 12.9. The summed E-state index contributed by atoms with van der Waals surface area (Å²) >= 11 is 7.08. The Bertz CT molecular complexity index is 1040. The van der Waals surface area contributed by atoms with Crippen LogP contribution in [0.4, 0.5) is 4.39 Å². The number of carbonyl (C=O) groups is 2. The summed E-state index contributed by atoms with van der Waals surface area (Å²) in [7, 11) is 0. The third-order valence-corrected chi connectivity index (χ3v) is 5.36. The standard InChI is InChI=1S/C20H17ClFN3O3S/c1-11-17(29-20(23-11)13-7-9-14(21)10-8-13)19(27)25-24-18(26)12(2)28-16-6-4-3-5-15(16)22/h3-10,12H,1-2H3,(H,24,26)(H,25,27). The molecular weight excluding hydrogens is 417 g/mol. The number of para-hydroxylation sites is 1. The highest BCUT2D eigenvalue weighted by Crippen LogP contribution is 2.28. The maximum atomic E-state index is 13.6. The van der Waals surface area contributed by atoms with Crippen LogP contribution in [0.1, 0.15) is 22.3 Å². The van der Waals surface area contributed by atoms with Crippen LogP contribution in [0, 0.1) is 12.7 Å². The van der Waals surface area contributed by atoms with Crippen LogP contribution in [0.5, 0.6) is 5.75 Å². The van der Waals surface area contributed by atoms with Crippen molar-refractivity contribution in [2.45, 2.75) is 20.0 Å². The molecule has 150 valence electrons. The average Bonchev–Trinajstić information content (AvgIpc) is 3.09. The zero-order valence-corrected chi connectivity index (χ0v) is 17.1. The fraction of sp³-hybridized carbons (Fsp3) is 0.150. The van der Waals surface area contributed by atoms with Gasteiger partial charge in [0.05, 0.1) is 5.69 Å². The summed E-state index contributed by atoms with van der Waals surface area (Å²) in [5.74, 6) is -1.76. The predicted molar refractivity (Wildman–Crippen MR) is 109 cm³/mol. The molecule has 0 fully saturated rings. The van der Waals surface area contributed by atoms with Crippen molar-refractivity contribution in [3.05, 3.63) is 69.9 Å². The van der Waals surface area contributed by atoms with Crippen LogP contribution < -0.4 is 15.6 Å². The van der Waals surface area contributed by atoms with Gasteiger partial charge in [0, 0.05) is 10.6 Å². The monoisotopic (exact) mass is 433 g/mol. The quantitative estimate of drug-likeness (QED) is 0.592. The van der Waals surface area contributed by atoms with Gasteiger partial charge >= 0.3 is 0 Å². The van der Waals surface area contributed by atoms with E-state index in [0.717, 1.165) is 5.56 Å². The first-order chi connectivity index (χ1) is 13.8. The minimum atomic E-state index is -1.01. The zero-order chi connectivity index (χ0) is 21.0. The Kier molecular flexibility index (Phi) is 6.46. The van der Waals surface area contributed by atoms with Crippen molar-refractivity contribution in [1.82, 2.24) is 15.8 Å². The molecule has 9 heteroatoms. The number of benzene rings is 2. The number of aryl methyl sites for hydroxylation is 1. The van der Waals surface area contributed by atoms with Crippen LogP contribution in [-0.2, 0) is 4.79 Å². The maximum absolute atomic E-state index is 13.6. The van der Waals surface area contributed by atoms with Gasteiger partial charge in [-0.2, -0.15) is 0 Å². The lowest BCUT2D eigenvalue weighted by Crippen LogP contribution is -2.47. The second-order valence-corrected chi connectivity index (χ2v) is 7.51. The molecule has 0 spiro atoms. The molecule has 6 nitrogen and oxygen atoms in total. The highest BCUT2D eigenvalue weighted by atomic mass is 35.5. The van der Waals surface area contributed by atoms with E-state index in [4.69, 9.17) is 16.3 Å². The molecule has 0 saturated heterocycles. The van der Waals surface area contributed by atoms with Crippen molar-refractivity contribution in [1.29, 1.82) is 0 Å². The Morgan fingerprint density at radius 3 is 2.52 bits per heavy atom. The second-order valence-electron chi connectivity index (χ2n) is 6.07. The number of thiazole rings is 1. The molecule has 1 unspecified atom stereocenters. The Hall–Kier alpha value is -2.97. The zero-order valence-electron chi connectivity index (χ0n) is 15.5. The van der Waals surface area contributed by atoms with Gasteiger partial charge in [0.2, 0.25) is 0 Å². The van der Waals surface area contributed by atoms with Gasteiger partial charge in [-0.15, -0.1) is 11.3 Å². The normalized spacial score (nSPS) is 11.6. The number of nitrogens with one attached hydrogen (secondary N) is 2. The van der Waals surface area contributed by atoms with Crippen molar-refractivity contribution in [3.63, 3.8) is 0 Å². The minimum Gasteiger partial charge on any atom is -0.478 e. The number of aromatic nitrogens is 1. The van der Waals surface area contributed by atoms with Gasteiger partial charge in [-0.1, -0.05) is 35.9 Å². The molecule has 1 heterocycles. The summed E-state index contributed by atoms with van der Waals surface area (Å²) in [6.07, 6.45) is -1.01. The van der Waals surface area contributed by atoms with Gasteiger partial charge in [-0.25, -0.2) is 9.37 Å². The molecule has 3 aromatic rings. The minimum absolute atomic E-state index is 0.0487. The van der Waals surface area contributed by atoms with Crippen LogP contribution in [0.15, 0.2) is 48.5 Å². The lowest BCUT2D eigenvalue weighted by atomic mass is 10.2. The van der Waals surface area contributed by atoms with E-state index in [9.17, 15) is 14.0 Å². The molecule has 0 aliphatic rings. The maximum Gasteiger partial charge on any atom is 0.281 e. The number of halogens is 2. The van der Waals surface area contributed by atoms with Gasteiger partial charge in [0.15, 0.2) is 17.7 Å². The molecule has 1 atom stereocenters. The highest BCUT2D eigenvalue weighted by molar-refractivity contribution is 7.17. The van der Waals surface area contributed by atoms with E-state index in [1.54, 1.807) is 25.1 Å². The van der Waals surface area contributed by atoms with E-state index in [0.29, 0.717) is 20.6 Å². The number of hydrogen-bond acceptors (Lipinski definition) is 5. The Balaban J connectivity index is 1.61. The summed E-state index contributed by atoms with van der Waals surface area (Å²) in [5, 5.41) is 1.27. The molecule has 29 heavy (non-hydrogen) atoms. The number of ether oxygens (including phenoxy) is 1. The number of hydrogen-bond donors (Lipinski definition) is 2. The molecule has 0 radical (unpaired) electrons. The first kappa shape index (κ1) is 20.8. The van der Waals surface area contributed by atoms with E-state index in [-0.39, 0.29) is 5.75 Å². The van der Waals surface area contributed by atoms with Crippen molar-refractivity contribution in [3.8, 4) is 16.3 Å². The topological polar surface area (TPSA) is 80.3 Å². The van der Waals surface area contributed by atoms with Gasteiger partial charge in [-0.3, -0.25) is 20.4 Å². The number of carbonyl (C=O) groups excluding carboxylic acids is 2. The van der Waals surface area contributed by atoms with E-state index < -0.39 is 23.7 Å². The fourth-order valence-corrected chi connectivity index (χ4v) is 3.48. The predicted octanol–water partition coefficient (Wildman–Crippen LogP) is 4.14. The van der Waals surface area contributed by atoms with Crippen molar-refractivity contribution >= 4 is 34.8 Å². The average molecular weight is 434 g/mol. The number of amides is 2.